The average molecular weight is 505 g/mol. The van der Waals surface area contributed by atoms with Gasteiger partial charge in [-0.3, -0.25) is 20.3 Å². The fraction of sp³-hybridized carbons (Fsp3) is 0.0952. The van der Waals surface area contributed by atoms with Gasteiger partial charge in [-0.1, -0.05) is 0 Å². The first-order valence-corrected chi connectivity index (χ1v) is 9.64. The molecular formula is C21H11F4N5O6. The number of alkyl halides is 4. The third-order valence-corrected chi connectivity index (χ3v) is 4.62. The zero-order valence-electron chi connectivity index (χ0n) is 17.5. The second-order valence-electron chi connectivity index (χ2n) is 6.98. The number of rotatable bonds is 7. The van der Waals surface area contributed by atoms with Gasteiger partial charge in [0, 0.05) is 12.3 Å². The highest BCUT2D eigenvalue weighted by atomic mass is 19.3. The van der Waals surface area contributed by atoms with Gasteiger partial charge in [0.15, 0.2) is 0 Å². The van der Waals surface area contributed by atoms with E-state index in [4.69, 9.17) is 10.00 Å². The largest absolute Gasteiger partial charge is 0.540 e. The Balaban J connectivity index is 1.62. The van der Waals surface area contributed by atoms with E-state index in [2.05, 4.69) is 19.9 Å². The van der Waals surface area contributed by atoms with Crippen LogP contribution < -0.4 is 19.9 Å². The second kappa shape index (κ2) is 9.00. The predicted octanol–water partition coefficient (Wildman–Crippen LogP) is 4.65. The Morgan fingerprint density at radius 2 is 1.89 bits per heavy atom. The number of pyridine rings is 1. The lowest BCUT2D eigenvalue weighted by Crippen LogP contribution is -2.41. The standard InChI is InChI=1S/C21H11F4N5O6/c22-20(23)16-8-13(1-4-19(16)35-21(24,25)36-20)29(11-31)28-17-3-2-14(9-18(17)30(32)33)34-15-5-6-27-12(7-15)10-26/h1-9,11,28H. The molecule has 11 nitrogen and oxygen atoms in total. The molecule has 36 heavy (non-hydrogen) atoms. The van der Waals surface area contributed by atoms with Crippen molar-refractivity contribution < 1.29 is 41.5 Å². The van der Waals surface area contributed by atoms with Crippen LogP contribution in [0, 0.1) is 21.4 Å². The summed E-state index contributed by atoms with van der Waals surface area (Å²) in [5, 5.41) is 21.1. The molecule has 0 fully saturated rings. The Hall–Kier alpha value is -4.97. The molecule has 1 aliphatic heterocycles. The summed E-state index contributed by atoms with van der Waals surface area (Å²) in [4.78, 5) is 26.3. The maximum Gasteiger partial charge on any atom is 0.540 e. The molecule has 0 aliphatic carbocycles. The van der Waals surface area contributed by atoms with Crippen LogP contribution in [-0.4, -0.2) is 22.6 Å². The van der Waals surface area contributed by atoms with Gasteiger partial charge in [-0.15, -0.1) is 8.78 Å². The number of nitro benzene ring substituents is 1. The van der Waals surface area contributed by atoms with Gasteiger partial charge >= 0.3 is 12.4 Å². The highest BCUT2D eigenvalue weighted by Crippen LogP contribution is 2.47. The van der Waals surface area contributed by atoms with Crippen LogP contribution in [-0.2, 0) is 15.6 Å². The SMILES string of the molecule is N#Cc1cc(Oc2ccc(NN(C=O)c3ccc4c(c3)C(F)(F)OC(F)(F)O4)c([N+](=O)[O-])c2)ccn1. The monoisotopic (exact) mass is 505 g/mol. The number of halogens is 4. The number of anilines is 2. The summed E-state index contributed by atoms with van der Waals surface area (Å²) in [5.41, 5.74) is 0.255. The molecule has 1 aromatic heterocycles. The molecule has 2 aromatic carbocycles. The lowest BCUT2D eigenvalue weighted by atomic mass is 10.1. The Morgan fingerprint density at radius 3 is 2.58 bits per heavy atom. The highest BCUT2D eigenvalue weighted by Gasteiger charge is 2.54. The molecule has 3 aromatic rings. The van der Waals surface area contributed by atoms with E-state index in [-0.39, 0.29) is 35.0 Å². The van der Waals surface area contributed by atoms with Gasteiger partial charge in [0.2, 0.25) is 6.41 Å². The minimum atomic E-state index is -4.57. The number of fused-ring (bicyclic) bond motifs is 1. The van der Waals surface area contributed by atoms with E-state index in [0.29, 0.717) is 11.1 Å². The van der Waals surface area contributed by atoms with Gasteiger partial charge in [-0.25, -0.2) is 14.7 Å². The van der Waals surface area contributed by atoms with Gasteiger partial charge in [0.25, 0.3) is 5.69 Å². The van der Waals surface area contributed by atoms with Crippen molar-refractivity contribution in [3.63, 3.8) is 0 Å². The fourth-order valence-electron chi connectivity index (χ4n) is 3.11. The van der Waals surface area contributed by atoms with Crippen LogP contribution in [0.25, 0.3) is 0 Å². The molecule has 0 radical (unpaired) electrons. The number of hydrogen-bond acceptors (Lipinski definition) is 9. The topological polar surface area (TPSA) is 140 Å². The summed E-state index contributed by atoms with van der Waals surface area (Å²) in [6.45, 7) is 0. The van der Waals surface area contributed by atoms with Gasteiger partial charge in [0.05, 0.1) is 22.2 Å². The third kappa shape index (κ3) is 4.93. The number of nitriles is 1. The van der Waals surface area contributed by atoms with Crippen molar-refractivity contribution in [2.24, 2.45) is 0 Å². The molecule has 1 aliphatic rings. The van der Waals surface area contributed by atoms with Crippen LogP contribution in [0.4, 0.5) is 34.6 Å². The molecule has 0 saturated heterocycles. The number of nitrogens with zero attached hydrogens (tertiary/aromatic N) is 4. The molecular weight excluding hydrogens is 494 g/mol. The number of nitro groups is 1. The van der Waals surface area contributed by atoms with Gasteiger partial charge in [-0.05, 0) is 36.4 Å². The van der Waals surface area contributed by atoms with Crippen molar-refractivity contribution in [3.8, 4) is 23.3 Å². The van der Waals surface area contributed by atoms with Gasteiger partial charge in [-0.2, -0.15) is 14.0 Å². The van der Waals surface area contributed by atoms with Crippen molar-refractivity contribution in [2.75, 3.05) is 10.4 Å². The van der Waals surface area contributed by atoms with E-state index >= 15 is 0 Å². The summed E-state index contributed by atoms with van der Waals surface area (Å²) in [6.07, 6.45) is -7.60. The van der Waals surface area contributed by atoms with Crippen molar-refractivity contribution in [1.29, 1.82) is 5.26 Å². The number of hydrogen-bond donors (Lipinski definition) is 1. The number of ether oxygens (including phenoxy) is 3. The number of hydrazine groups is 1. The van der Waals surface area contributed by atoms with Crippen molar-refractivity contribution >= 4 is 23.5 Å². The van der Waals surface area contributed by atoms with E-state index in [9.17, 15) is 32.5 Å². The number of nitrogens with one attached hydrogen (secondary N) is 1. The van der Waals surface area contributed by atoms with E-state index in [1.165, 1.54) is 30.5 Å². The van der Waals surface area contributed by atoms with Crippen LogP contribution in [0.15, 0.2) is 54.7 Å². The average Bonchev–Trinajstić information content (AvgIpc) is 2.82. The summed E-state index contributed by atoms with van der Waals surface area (Å²) >= 11 is 0. The molecule has 0 unspecified atom stereocenters. The number of carbonyl (C=O) groups excluding carboxylic acids is 1. The molecule has 0 atom stereocenters. The molecule has 0 spiro atoms. The fourth-order valence-corrected chi connectivity index (χ4v) is 3.11. The zero-order chi connectivity index (χ0) is 26.1. The molecule has 15 heteroatoms. The Labute approximate surface area is 198 Å². The first-order valence-electron chi connectivity index (χ1n) is 9.64. The number of carbonyl (C=O) groups is 1. The smallest absolute Gasteiger partial charge is 0.457 e. The zero-order valence-corrected chi connectivity index (χ0v) is 17.5. The molecule has 0 saturated carbocycles. The van der Waals surface area contributed by atoms with Crippen molar-refractivity contribution in [1.82, 2.24) is 4.98 Å². The Morgan fingerprint density at radius 1 is 1.14 bits per heavy atom. The Bertz CT molecular complexity index is 1400. The van der Waals surface area contributed by atoms with Crippen LogP contribution in [0.3, 0.4) is 0 Å². The minimum Gasteiger partial charge on any atom is -0.457 e. The summed E-state index contributed by atoms with van der Waals surface area (Å²) in [5.74, 6) is -0.700. The van der Waals surface area contributed by atoms with Crippen LogP contribution >= 0.6 is 0 Å². The number of amides is 1. The van der Waals surface area contributed by atoms with E-state index in [0.717, 1.165) is 18.2 Å². The number of benzene rings is 2. The maximum absolute atomic E-state index is 14.1. The van der Waals surface area contributed by atoms with E-state index < -0.39 is 34.3 Å². The lowest BCUT2D eigenvalue weighted by molar-refractivity contribution is -0.461. The first kappa shape index (κ1) is 24.2. The second-order valence-corrected chi connectivity index (χ2v) is 6.98. The van der Waals surface area contributed by atoms with Gasteiger partial charge in [0.1, 0.15) is 34.7 Å². The molecule has 4 rings (SSSR count). The van der Waals surface area contributed by atoms with Crippen LogP contribution in [0.2, 0.25) is 0 Å². The Kier molecular flexibility index (Phi) is 6.04. The molecule has 0 bridgehead atoms. The van der Waals surface area contributed by atoms with E-state index in [1.54, 1.807) is 0 Å². The van der Waals surface area contributed by atoms with Crippen LogP contribution in [0.5, 0.6) is 17.2 Å². The highest BCUT2D eigenvalue weighted by molar-refractivity contribution is 5.81. The summed E-state index contributed by atoms with van der Waals surface area (Å²) < 4.78 is 67.5. The molecule has 184 valence electrons. The quantitative estimate of drug-likeness (QED) is 0.210. The summed E-state index contributed by atoms with van der Waals surface area (Å²) in [7, 11) is 0. The normalized spacial score (nSPS) is 15.0. The summed E-state index contributed by atoms with van der Waals surface area (Å²) in [6, 6.07) is 10.4. The van der Waals surface area contributed by atoms with Gasteiger partial charge < -0.3 is 9.47 Å². The minimum absolute atomic E-state index is 0.00337. The molecule has 1 amide bonds. The molecule has 2 heterocycles. The third-order valence-electron chi connectivity index (χ3n) is 4.62. The number of aromatic nitrogens is 1. The van der Waals surface area contributed by atoms with Crippen LogP contribution in [0.1, 0.15) is 11.3 Å². The lowest BCUT2D eigenvalue weighted by Gasteiger charge is -2.31. The maximum atomic E-state index is 14.1. The predicted molar refractivity (Wildman–Crippen MR) is 111 cm³/mol. The molecule has 1 N–H and O–H groups in total. The van der Waals surface area contributed by atoms with Crippen molar-refractivity contribution in [3.05, 3.63) is 76.1 Å². The van der Waals surface area contributed by atoms with Crippen molar-refractivity contribution in [2.45, 2.75) is 12.4 Å². The van der Waals surface area contributed by atoms with E-state index in [1.807, 2.05) is 6.07 Å². The first-order chi connectivity index (χ1) is 17.0.